The highest BCUT2D eigenvalue weighted by molar-refractivity contribution is 7.93. The highest BCUT2D eigenvalue weighted by Gasteiger charge is 2.28. The Morgan fingerprint density at radius 2 is 1.68 bits per heavy atom. The van der Waals surface area contributed by atoms with Gasteiger partial charge in [-0.25, -0.2) is 8.42 Å². The van der Waals surface area contributed by atoms with Crippen molar-refractivity contribution < 1.29 is 50.4 Å². The smallest absolute Gasteiger partial charge is 0.387 e. The first-order chi connectivity index (χ1) is 20.9. The maximum atomic E-state index is 13.1. The van der Waals surface area contributed by atoms with Gasteiger partial charge in [-0.1, -0.05) is 29.3 Å². The van der Waals surface area contributed by atoms with E-state index in [4.69, 9.17) is 42.1 Å². The van der Waals surface area contributed by atoms with Crippen LogP contribution in [0.1, 0.15) is 30.1 Å². The summed E-state index contributed by atoms with van der Waals surface area (Å²) < 4.78 is 80.8. The van der Waals surface area contributed by atoms with Crippen LogP contribution in [0.2, 0.25) is 10.0 Å². The summed E-state index contributed by atoms with van der Waals surface area (Å²) in [5, 5.41) is 11.7. The fourth-order valence-corrected chi connectivity index (χ4v) is 5.66. The van der Waals surface area contributed by atoms with E-state index in [-0.39, 0.29) is 63.1 Å². The summed E-state index contributed by atoms with van der Waals surface area (Å²) in [6.45, 7) is -2.87. The number of carbonyl (C=O) groups is 1. The number of sulfonamides is 1. The Hall–Kier alpha value is -3.75. The van der Waals surface area contributed by atoms with Crippen molar-refractivity contribution in [3.63, 3.8) is 0 Å². The number of anilines is 1. The number of nitrogens with one attached hydrogen (secondary N) is 1. The number of nitrogens with zero attached hydrogens (tertiary/aromatic N) is 1. The maximum Gasteiger partial charge on any atom is 0.387 e. The first kappa shape index (κ1) is 33.1. The molecule has 44 heavy (non-hydrogen) atoms. The van der Waals surface area contributed by atoms with Gasteiger partial charge in [0.05, 0.1) is 26.5 Å². The number of aromatic nitrogens is 1. The summed E-state index contributed by atoms with van der Waals surface area (Å²) in [6.07, 6.45) is 2.51. The largest absolute Gasteiger partial charge is 0.619 e. The van der Waals surface area contributed by atoms with Gasteiger partial charge in [0, 0.05) is 18.1 Å². The molecule has 1 aliphatic rings. The van der Waals surface area contributed by atoms with Crippen molar-refractivity contribution in [2.24, 2.45) is 5.92 Å². The lowest BCUT2D eigenvalue weighted by Gasteiger charge is -2.21. The van der Waals surface area contributed by atoms with E-state index < -0.39 is 34.5 Å². The molecule has 11 nitrogen and oxygen atoms in total. The molecule has 1 atom stereocenters. The van der Waals surface area contributed by atoms with Crippen LogP contribution in [0, 0.1) is 11.1 Å². The second-order valence-corrected chi connectivity index (χ2v) is 12.3. The fourth-order valence-electron chi connectivity index (χ4n) is 4.12. The zero-order valence-corrected chi connectivity index (χ0v) is 25.8. The number of benzene rings is 2. The number of methoxy groups -OCH3 is 2. The summed E-state index contributed by atoms with van der Waals surface area (Å²) in [5.74, 6) is -1.62. The minimum absolute atomic E-state index is 0.0267. The number of esters is 1. The van der Waals surface area contributed by atoms with Gasteiger partial charge in [0.25, 0.3) is 0 Å². The van der Waals surface area contributed by atoms with Gasteiger partial charge < -0.3 is 28.9 Å². The second-order valence-electron chi connectivity index (χ2n) is 9.75. The number of alkyl halides is 2. The van der Waals surface area contributed by atoms with E-state index in [0.29, 0.717) is 10.5 Å². The first-order valence-corrected chi connectivity index (χ1v) is 15.5. The molecule has 0 aliphatic heterocycles. The number of hydrogen-bond acceptors (Lipinski definition) is 9. The minimum atomic E-state index is -4.29. The Bertz CT molecular complexity index is 1580. The molecule has 1 heterocycles. The van der Waals surface area contributed by atoms with E-state index in [1.807, 2.05) is 0 Å². The second kappa shape index (κ2) is 14.4. The lowest BCUT2D eigenvalue weighted by molar-refractivity contribution is -0.605. The molecule has 0 bridgehead atoms. The Balaban J connectivity index is 1.60. The summed E-state index contributed by atoms with van der Waals surface area (Å²) in [7, 11) is -1.49. The molecule has 1 aromatic heterocycles. The molecule has 0 saturated heterocycles. The predicted octanol–water partition coefficient (Wildman–Crippen LogP) is 5.30. The normalized spacial score (nSPS) is 13.7. The van der Waals surface area contributed by atoms with Crippen LogP contribution in [0.5, 0.6) is 23.0 Å². The molecular formula is C28H28Cl2F2N2O9S. The molecule has 0 radical (unpaired) electrons. The van der Waals surface area contributed by atoms with Crippen molar-refractivity contribution in [2.75, 3.05) is 31.3 Å². The average Bonchev–Trinajstić information content (AvgIpc) is 3.77. The third kappa shape index (κ3) is 9.13. The van der Waals surface area contributed by atoms with Crippen LogP contribution in [-0.2, 0) is 26.0 Å². The highest BCUT2D eigenvalue weighted by Crippen LogP contribution is 2.38. The van der Waals surface area contributed by atoms with Crippen LogP contribution in [0.3, 0.4) is 0 Å². The third-order valence-electron chi connectivity index (χ3n) is 6.41. The Morgan fingerprint density at radius 3 is 2.30 bits per heavy atom. The maximum absolute atomic E-state index is 13.1. The Labute approximate surface area is 262 Å². The summed E-state index contributed by atoms with van der Waals surface area (Å²) >= 11 is 12.5. The Morgan fingerprint density at radius 1 is 1.02 bits per heavy atom. The van der Waals surface area contributed by atoms with E-state index in [9.17, 15) is 27.2 Å². The molecule has 4 rings (SSSR count). The van der Waals surface area contributed by atoms with Gasteiger partial charge in [-0.15, -0.1) is 0 Å². The van der Waals surface area contributed by atoms with Crippen LogP contribution in [0.4, 0.5) is 14.5 Å². The Kier molecular flexibility index (Phi) is 10.8. The van der Waals surface area contributed by atoms with E-state index in [1.54, 1.807) is 0 Å². The molecule has 1 saturated carbocycles. The van der Waals surface area contributed by atoms with Gasteiger partial charge in [-0.05, 0) is 48.6 Å². The van der Waals surface area contributed by atoms with Crippen LogP contribution >= 0.6 is 23.2 Å². The average molecular weight is 678 g/mol. The highest BCUT2D eigenvalue weighted by atomic mass is 35.5. The van der Waals surface area contributed by atoms with Gasteiger partial charge in [-0.2, -0.15) is 13.5 Å². The number of halogens is 4. The van der Waals surface area contributed by atoms with E-state index in [2.05, 4.69) is 9.46 Å². The third-order valence-corrected chi connectivity index (χ3v) is 8.23. The lowest BCUT2D eigenvalue weighted by Crippen LogP contribution is -2.27. The van der Waals surface area contributed by atoms with Crippen molar-refractivity contribution in [1.29, 1.82) is 0 Å². The lowest BCUT2D eigenvalue weighted by atomic mass is 10.0. The molecule has 0 spiro atoms. The summed E-state index contributed by atoms with van der Waals surface area (Å²) in [6, 6.07) is 8.20. The van der Waals surface area contributed by atoms with Crippen molar-refractivity contribution in [1.82, 2.24) is 0 Å². The van der Waals surface area contributed by atoms with Gasteiger partial charge in [0.2, 0.25) is 10.0 Å². The molecule has 0 unspecified atom stereocenters. The molecular weight excluding hydrogens is 649 g/mol. The predicted molar refractivity (Wildman–Crippen MR) is 156 cm³/mol. The molecule has 1 fully saturated rings. The van der Waals surface area contributed by atoms with Gasteiger partial charge in [-0.3, -0.25) is 9.52 Å². The monoisotopic (exact) mass is 676 g/mol. The molecule has 1 N–H and O–H groups in total. The van der Waals surface area contributed by atoms with Crippen molar-refractivity contribution in [3.8, 4) is 23.0 Å². The summed E-state index contributed by atoms with van der Waals surface area (Å²) in [5.41, 5.74) is 0.563. The molecule has 1 aliphatic carbocycles. The van der Waals surface area contributed by atoms with Crippen LogP contribution in [-0.4, -0.2) is 47.6 Å². The minimum Gasteiger partial charge on any atom is -0.619 e. The number of rotatable bonds is 15. The number of carbonyl (C=O) groups excluding carboxylic acids is 1. The molecule has 2 aromatic carbocycles. The van der Waals surface area contributed by atoms with Gasteiger partial charge in [0.1, 0.15) is 16.1 Å². The van der Waals surface area contributed by atoms with E-state index in [1.165, 1.54) is 50.6 Å². The van der Waals surface area contributed by atoms with Crippen molar-refractivity contribution >= 4 is 44.9 Å². The molecule has 3 aromatic rings. The zero-order chi connectivity index (χ0) is 32.0. The topological polar surface area (TPSA) is 136 Å². The standard InChI is InChI=1S/C28H28Cl2F2N2O9S/c1-39-22-8-6-18(10-25(22)40-2)33-44(37,38)15-27(35)42-24(11-19-20(29)12-34(36)13-21(19)30)17-5-7-23(43-28(31)32)26(9-17)41-14-16-3-4-16/h5-10,12-13,16,24,28,33H,3-4,11,14-15H2,1-2H3/t24-/m0/s1. The molecule has 16 heteroatoms. The van der Waals surface area contributed by atoms with Gasteiger partial charge >= 0.3 is 12.6 Å². The van der Waals surface area contributed by atoms with E-state index in [0.717, 1.165) is 25.2 Å². The fraction of sp³-hybridized carbons (Fsp3) is 0.357. The van der Waals surface area contributed by atoms with Crippen LogP contribution < -0.4 is 28.4 Å². The quantitative estimate of drug-likeness (QED) is 0.129. The first-order valence-electron chi connectivity index (χ1n) is 13.1. The molecule has 238 valence electrons. The number of ether oxygens (including phenoxy) is 5. The number of pyridine rings is 1. The van der Waals surface area contributed by atoms with Crippen LogP contribution in [0.15, 0.2) is 48.8 Å². The SMILES string of the molecule is COc1ccc(NS(=O)(=O)CC(=O)O[C@@H](Cc2c(Cl)c[n+]([O-])cc2Cl)c2ccc(OC(F)F)c(OCC3CC3)c2)cc1OC. The molecule has 0 amide bonds. The number of hydrogen-bond donors (Lipinski definition) is 1. The van der Waals surface area contributed by atoms with Crippen LogP contribution in [0.25, 0.3) is 0 Å². The van der Waals surface area contributed by atoms with Gasteiger partial charge in [0.15, 0.2) is 41.1 Å². The zero-order valence-electron chi connectivity index (χ0n) is 23.4. The summed E-state index contributed by atoms with van der Waals surface area (Å²) in [4.78, 5) is 13.0. The van der Waals surface area contributed by atoms with Crippen molar-refractivity contribution in [2.45, 2.75) is 32.0 Å². The van der Waals surface area contributed by atoms with E-state index >= 15 is 0 Å². The van der Waals surface area contributed by atoms with Crippen molar-refractivity contribution in [3.05, 3.63) is 75.2 Å².